The minimum Gasteiger partial charge on any atom is -0.436 e. The number of halogens is 3. The average molecular weight is 438 g/mol. The number of fused-ring (bicyclic) bond motifs is 1. The van der Waals surface area contributed by atoms with Crippen molar-refractivity contribution in [1.29, 1.82) is 0 Å². The molecular formula is C19H21F3N6O3. The number of hydrogen-bond donors (Lipinski definition) is 0. The summed E-state index contributed by atoms with van der Waals surface area (Å²) in [6.45, 7) is 5.89. The van der Waals surface area contributed by atoms with E-state index in [2.05, 4.69) is 15.0 Å². The first-order valence-corrected chi connectivity index (χ1v) is 9.70. The van der Waals surface area contributed by atoms with Gasteiger partial charge in [-0.1, -0.05) is 12.1 Å². The van der Waals surface area contributed by atoms with E-state index in [1.807, 2.05) is 11.9 Å². The molecule has 9 nitrogen and oxygen atoms in total. The van der Waals surface area contributed by atoms with Crippen molar-refractivity contribution in [2.24, 2.45) is 5.10 Å². The minimum absolute atomic E-state index is 0.225. The molecule has 2 aromatic rings. The lowest BCUT2D eigenvalue weighted by Crippen LogP contribution is -2.51. The molecule has 31 heavy (non-hydrogen) atoms. The third-order valence-electron chi connectivity index (χ3n) is 5.27. The Labute approximate surface area is 175 Å². The van der Waals surface area contributed by atoms with Crippen molar-refractivity contribution in [3.63, 3.8) is 0 Å². The van der Waals surface area contributed by atoms with E-state index in [1.165, 1.54) is 18.3 Å². The molecule has 1 aromatic heterocycles. The summed E-state index contributed by atoms with van der Waals surface area (Å²) >= 11 is 0. The first kappa shape index (κ1) is 21.1. The number of hydrazone groups is 1. The zero-order valence-corrected chi connectivity index (χ0v) is 16.7. The molecule has 4 rings (SSSR count). The predicted molar refractivity (Wildman–Crippen MR) is 105 cm³/mol. The predicted octanol–water partition coefficient (Wildman–Crippen LogP) is 2.61. The number of nitrogens with zero attached hydrogens (tertiary/aromatic N) is 6. The van der Waals surface area contributed by atoms with Crippen molar-refractivity contribution in [3.8, 4) is 6.01 Å². The summed E-state index contributed by atoms with van der Waals surface area (Å²) in [6.07, 6.45) is -1.41. The van der Waals surface area contributed by atoms with Crippen LogP contribution >= 0.6 is 0 Å². The van der Waals surface area contributed by atoms with E-state index in [4.69, 9.17) is 4.74 Å². The molecular weight excluding hydrogens is 417 g/mol. The standard InChI is InChI=1S/C19H21F3N6O3/c1-18(13-26-11-16(28(29)30)24-17(26)31-18)12-25-6-8-27(9-7-25)23-10-14-2-4-15(5-3-14)19(20,21)22/h2-5,10-11H,6-9,12-13H2,1H3/b23-10+. The van der Waals surface area contributed by atoms with Crippen molar-refractivity contribution in [1.82, 2.24) is 19.5 Å². The Morgan fingerprint density at radius 3 is 2.52 bits per heavy atom. The molecule has 0 amide bonds. The molecule has 166 valence electrons. The van der Waals surface area contributed by atoms with Gasteiger partial charge in [-0.3, -0.25) is 14.5 Å². The summed E-state index contributed by atoms with van der Waals surface area (Å²) in [4.78, 5) is 16.4. The van der Waals surface area contributed by atoms with E-state index in [0.29, 0.717) is 31.7 Å². The maximum Gasteiger partial charge on any atom is 0.416 e. The summed E-state index contributed by atoms with van der Waals surface area (Å²) in [7, 11) is 0. The summed E-state index contributed by atoms with van der Waals surface area (Å²) in [5.74, 6) is -0.225. The van der Waals surface area contributed by atoms with Crippen LogP contribution in [0.3, 0.4) is 0 Å². The Hall–Kier alpha value is -3.15. The average Bonchev–Trinajstić information content (AvgIpc) is 3.22. The Morgan fingerprint density at radius 2 is 1.94 bits per heavy atom. The molecule has 2 aliphatic rings. The van der Waals surface area contributed by atoms with E-state index < -0.39 is 22.3 Å². The van der Waals surface area contributed by atoms with Gasteiger partial charge >= 0.3 is 18.0 Å². The van der Waals surface area contributed by atoms with E-state index >= 15 is 0 Å². The molecule has 1 atom stereocenters. The number of aromatic nitrogens is 2. The summed E-state index contributed by atoms with van der Waals surface area (Å²) in [5.41, 5.74) is -0.605. The van der Waals surface area contributed by atoms with Gasteiger partial charge in [-0.2, -0.15) is 18.3 Å². The van der Waals surface area contributed by atoms with Crippen molar-refractivity contribution in [2.45, 2.75) is 25.2 Å². The summed E-state index contributed by atoms with van der Waals surface area (Å²) < 4.78 is 45.4. The molecule has 0 radical (unpaired) electrons. The van der Waals surface area contributed by atoms with Crippen LogP contribution in [0.1, 0.15) is 18.1 Å². The monoisotopic (exact) mass is 438 g/mol. The van der Waals surface area contributed by atoms with Gasteiger partial charge in [-0.05, 0) is 29.5 Å². The number of nitro groups is 1. The highest BCUT2D eigenvalue weighted by molar-refractivity contribution is 5.79. The topological polar surface area (TPSA) is 89.0 Å². The third kappa shape index (κ3) is 4.79. The normalized spacial score (nSPS) is 22.0. The van der Waals surface area contributed by atoms with Gasteiger partial charge in [0, 0.05) is 37.7 Å². The van der Waals surface area contributed by atoms with Crippen LogP contribution in [0.25, 0.3) is 0 Å². The molecule has 2 aliphatic heterocycles. The molecule has 3 heterocycles. The maximum atomic E-state index is 12.6. The lowest BCUT2D eigenvalue weighted by atomic mass is 10.1. The molecule has 0 N–H and O–H groups in total. The zero-order chi connectivity index (χ0) is 22.2. The van der Waals surface area contributed by atoms with Crippen LogP contribution in [0.2, 0.25) is 0 Å². The number of ether oxygens (including phenoxy) is 1. The van der Waals surface area contributed by atoms with Crippen LogP contribution in [0.4, 0.5) is 19.0 Å². The number of hydrogen-bond acceptors (Lipinski definition) is 7. The summed E-state index contributed by atoms with van der Waals surface area (Å²) in [5, 5.41) is 17.1. The molecule has 1 aromatic carbocycles. The van der Waals surface area contributed by atoms with Crippen LogP contribution in [-0.2, 0) is 12.7 Å². The first-order valence-electron chi connectivity index (χ1n) is 9.70. The number of imidazole rings is 1. The van der Waals surface area contributed by atoms with Crippen LogP contribution < -0.4 is 4.74 Å². The fraction of sp³-hybridized carbons (Fsp3) is 0.474. The molecule has 12 heteroatoms. The van der Waals surface area contributed by atoms with Gasteiger partial charge in [0.25, 0.3) is 0 Å². The Bertz CT molecular complexity index is 957. The fourth-order valence-electron chi connectivity index (χ4n) is 3.75. The van der Waals surface area contributed by atoms with Gasteiger partial charge in [0.1, 0.15) is 11.8 Å². The Balaban J connectivity index is 1.26. The second-order valence-electron chi connectivity index (χ2n) is 7.91. The summed E-state index contributed by atoms with van der Waals surface area (Å²) in [6, 6.07) is 5.14. The molecule has 1 unspecified atom stereocenters. The Kier molecular flexibility index (Phi) is 5.33. The van der Waals surface area contributed by atoms with Crippen molar-refractivity contribution < 1.29 is 22.8 Å². The Morgan fingerprint density at radius 1 is 1.26 bits per heavy atom. The zero-order valence-electron chi connectivity index (χ0n) is 16.7. The second kappa shape index (κ2) is 7.84. The third-order valence-corrected chi connectivity index (χ3v) is 5.27. The SMILES string of the molecule is CC1(CN2CCN(/N=C/c3ccc(C(F)(F)F)cc3)CC2)Cn2cc([N+](=O)[O-])nc2O1. The van der Waals surface area contributed by atoms with Gasteiger partial charge in [-0.25, -0.2) is 0 Å². The van der Waals surface area contributed by atoms with E-state index in [9.17, 15) is 23.3 Å². The van der Waals surface area contributed by atoms with Gasteiger partial charge in [0.15, 0.2) is 0 Å². The maximum absolute atomic E-state index is 12.6. The number of rotatable bonds is 5. The van der Waals surface area contributed by atoms with Gasteiger partial charge in [0.05, 0.1) is 18.3 Å². The number of alkyl halides is 3. The first-order chi connectivity index (χ1) is 14.6. The molecule has 0 spiro atoms. The lowest BCUT2D eigenvalue weighted by Gasteiger charge is -2.36. The molecule has 1 fully saturated rings. The highest BCUT2D eigenvalue weighted by atomic mass is 19.4. The molecule has 1 saturated heterocycles. The van der Waals surface area contributed by atoms with Gasteiger partial charge in [0.2, 0.25) is 0 Å². The molecule has 0 aliphatic carbocycles. The lowest BCUT2D eigenvalue weighted by molar-refractivity contribution is -0.389. The van der Waals surface area contributed by atoms with Crippen LogP contribution in [0.15, 0.2) is 35.6 Å². The van der Waals surface area contributed by atoms with Crippen LogP contribution in [0, 0.1) is 10.1 Å². The highest BCUT2D eigenvalue weighted by Gasteiger charge is 2.41. The highest BCUT2D eigenvalue weighted by Crippen LogP contribution is 2.32. The minimum atomic E-state index is -4.35. The van der Waals surface area contributed by atoms with Crippen LogP contribution in [-0.4, -0.2) is 68.9 Å². The van der Waals surface area contributed by atoms with E-state index in [1.54, 1.807) is 10.8 Å². The van der Waals surface area contributed by atoms with Crippen molar-refractivity contribution in [2.75, 3.05) is 32.7 Å². The van der Waals surface area contributed by atoms with Gasteiger partial charge < -0.3 is 14.9 Å². The molecule has 0 bridgehead atoms. The quantitative estimate of drug-likeness (QED) is 0.405. The number of benzene rings is 1. The largest absolute Gasteiger partial charge is 0.436 e. The molecule has 0 saturated carbocycles. The number of piperazine rings is 1. The van der Waals surface area contributed by atoms with Gasteiger partial charge in [-0.15, -0.1) is 0 Å². The smallest absolute Gasteiger partial charge is 0.416 e. The van der Waals surface area contributed by atoms with Crippen LogP contribution in [0.5, 0.6) is 6.01 Å². The van der Waals surface area contributed by atoms with Crippen molar-refractivity contribution >= 4 is 12.0 Å². The second-order valence-corrected chi connectivity index (χ2v) is 7.91. The van der Waals surface area contributed by atoms with Crippen molar-refractivity contribution in [3.05, 3.63) is 51.7 Å². The fourth-order valence-corrected chi connectivity index (χ4v) is 3.75. The van der Waals surface area contributed by atoms with E-state index in [-0.39, 0.29) is 11.8 Å². The van der Waals surface area contributed by atoms with E-state index in [0.717, 1.165) is 25.2 Å².